The number of thiophene rings is 1. The van der Waals surface area contributed by atoms with E-state index >= 15 is 0 Å². The molecule has 11 heteroatoms. The summed E-state index contributed by atoms with van der Waals surface area (Å²) in [6.45, 7) is 1.52. The van der Waals surface area contributed by atoms with Crippen LogP contribution in [0.2, 0.25) is 0 Å². The molecule has 0 radical (unpaired) electrons. The second kappa shape index (κ2) is 10.7. The summed E-state index contributed by atoms with van der Waals surface area (Å²) in [5.74, 6) is -0.251. The second-order valence-corrected chi connectivity index (χ2v) is 8.90. The maximum atomic E-state index is 13.4. The van der Waals surface area contributed by atoms with Crippen LogP contribution in [0.25, 0.3) is 16.5 Å². The molecule has 0 bridgehead atoms. The van der Waals surface area contributed by atoms with Gasteiger partial charge in [0, 0.05) is 15.2 Å². The lowest BCUT2D eigenvalue weighted by Gasteiger charge is -2.11. The first-order valence-electron chi connectivity index (χ1n) is 10.5. The maximum Gasteiger partial charge on any atom is 0.359 e. The highest BCUT2D eigenvalue weighted by Gasteiger charge is 2.23. The van der Waals surface area contributed by atoms with Crippen LogP contribution >= 0.6 is 27.3 Å². The number of nitrogens with zero attached hydrogens (tertiary/aromatic N) is 2. The Balaban J connectivity index is 1.70. The third kappa shape index (κ3) is 5.20. The van der Waals surface area contributed by atoms with Crippen LogP contribution in [0.4, 0.5) is 5.00 Å². The number of halogens is 1. The Morgan fingerprint density at radius 1 is 1.11 bits per heavy atom. The van der Waals surface area contributed by atoms with Crippen molar-refractivity contribution in [1.29, 1.82) is 0 Å². The number of ether oxygens (including phenoxy) is 3. The first-order chi connectivity index (χ1) is 16.9. The third-order valence-corrected chi connectivity index (χ3v) is 6.30. The molecule has 0 aliphatic carbocycles. The number of anilines is 1. The number of hydrogen-bond donors (Lipinski definition) is 1. The molecule has 2 aromatic heterocycles. The Morgan fingerprint density at radius 2 is 1.83 bits per heavy atom. The Morgan fingerprint density at radius 3 is 2.51 bits per heavy atom. The molecule has 1 amide bonds. The van der Waals surface area contributed by atoms with Gasteiger partial charge in [-0.25, -0.2) is 4.79 Å². The summed E-state index contributed by atoms with van der Waals surface area (Å²) in [6.07, 6.45) is 0. The van der Waals surface area contributed by atoms with E-state index in [-0.39, 0.29) is 29.3 Å². The lowest BCUT2D eigenvalue weighted by molar-refractivity contribution is -0.118. The molecule has 0 atom stereocenters. The van der Waals surface area contributed by atoms with Crippen molar-refractivity contribution >= 4 is 54.9 Å². The van der Waals surface area contributed by atoms with E-state index < -0.39 is 17.4 Å². The molecule has 4 rings (SSSR count). The smallest absolute Gasteiger partial charge is 0.359 e. The van der Waals surface area contributed by atoms with E-state index in [1.54, 1.807) is 60.8 Å². The molecule has 35 heavy (non-hydrogen) atoms. The standard InChI is InChI=1S/C24H20BrN3O6S/c1-3-33-24(31)21-16-13-35-22(26-19(29)12-34-18-7-5-4-6-17(18)32-2)20(16)23(30)28(27-21)15-10-8-14(25)9-11-15/h4-11,13H,3,12H2,1-2H3,(H,26,29). The van der Waals surface area contributed by atoms with Crippen LogP contribution in [-0.2, 0) is 9.53 Å². The summed E-state index contributed by atoms with van der Waals surface area (Å²) in [6, 6.07) is 13.8. The summed E-state index contributed by atoms with van der Waals surface area (Å²) in [5, 5.41) is 9.31. The SMILES string of the molecule is CCOC(=O)c1nn(-c2ccc(Br)cc2)c(=O)c2c(NC(=O)COc3ccccc3OC)scc12. The fourth-order valence-electron chi connectivity index (χ4n) is 3.29. The minimum Gasteiger partial charge on any atom is -0.493 e. The number of nitrogens with one attached hydrogen (secondary N) is 1. The van der Waals surface area contributed by atoms with Gasteiger partial charge in [-0.2, -0.15) is 9.78 Å². The van der Waals surface area contributed by atoms with Gasteiger partial charge < -0.3 is 19.5 Å². The summed E-state index contributed by atoms with van der Waals surface area (Å²) < 4.78 is 17.9. The van der Waals surface area contributed by atoms with Gasteiger partial charge in [0.05, 0.1) is 24.8 Å². The number of methoxy groups -OCH3 is 1. The number of carbonyl (C=O) groups excluding carboxylic acids is 2. The molecular formula is C24H20BrN3O6S. The number of hydrogen-bond acceptors (Lipinski definition) is 8. The van der Waals surface area contributed by atoms with Crippen LogP contribution in [0.5, 0.6) is 11.5 Å². The predicted molar refractivity (Wildman–Crippen MR) is 136 cm³/mol. The van der Waals surface area contributed by atoms with Gasteiger partial charge in [0.2, 0.25) is 0 Å². The monoisotopic (exact) mass is 557 g/mol. The minimum atomic E-state index is -0.668. The Labute approximate surface area is 212 Å². The highest BCUT2D eigenvalue weighted by molar-refractivity contribution is 9.10. The van der Waals surface area contributed by atoms with Crippen molar-refractivity contribution in [2.75, 3.05) is 25.6 Å². The number of esters is 1. The van der Waals surface area contributed by atoms with Gasteiger partial charge in [-0.05, 0) is 43.3 Å². The number of aromatic nitrogens is 2. The van der Waals surface area contributed by atoms with Crippen molar-refractivity contribution in [2.24, 2.45) is 0 Å². The zero-order valence-electron chi connectivity index (χ0n) is 18.7. The lowest BCUT2D eigenvalue weighted by atomic mass is 10.2. The van der Waals surface area contributed by atoms with Gasteiger partial charge in [-0.3, -0.25) is 9.59 Å². The zero-order chi connectivity index (χ0) is 24.9. The zero-order valence-corrected chi connectivity index (χ0v) is 21.1. The molecule has 0 aliphatic rings. The van der Waals surface area contributed by atoms with Crippen LogP contribution in [0.15, 0.2) is 63.2 Å². The number of carbonyl (C=O) groups is 2. The average Bonchev–Trinajstić information content (AvgIpc) is 3.28. The first-order valence-corrected chi connectivity index (χ1v) is 12.1. The van der Waals surface area contributed by atoms with Gasteiger partial charge in [-0.1, -0.05) is 28.1 Å². The normalized spacial score (nSPS) is 10.7. The van der Waals surface area contributed by atoms with E-state index in [1.165, 1.54) is 7.11 Å². The molecule has 4 aromatic rings. The fraction of sp³-hybridized carbons (Fsp3) is 0.167. The van der Waals surface area contributed by atoms with E-state index in [4.69, 9.17) is 14.2 Å². The van der Waals surface area contributed by atoms with Crippen LogP contribution < -0.4 is 20.3 Å². The molecule has 2 aromatic carbocycles. The molecule has 0 unspecified atom stereocenters. The van der Waals surface area contributed by atoms with Gasteiger partial charge in [-0.15, -0.1) is 11.3 Å². The first kappa shape index (κ1) is 24.4. The number of fused-ring (bicyclic) bond motifs is 1. The molecular weight excluding hydrogens is 538 g/mol. The van der Waals surface area contributed by atoms with Crippen LogP contribution in [0.1, 0.15) is 17.4 Å². The molecule has 1 N–H and O–H groups in total. The summed E-state index contributed by atoms with van der Waals surface area (Å²) >= 11 is 4.47. The Hall–Kier alpha value is -3.70. The number of para-hydroxylation sites is 2. The van der Waals surface area contributed by atoms with Crippen LogP contribution in [0, 0.1) is 0 Å². The third-order valence-electron chi connectivity index (χ3n) is 4.87. The molecule has 0 aliphatic heterocycles. The van der Waals surface area contributed by atoms with Crippen molar-refractivity contribution < 1.29 is 23.8 Å². The van der Waals surface area contributed by atoms with E-state index in [0.29, 0.717) is 22.6 Å². The summed E-state index contributed by atoms with van der Waals surface area (Å²) in [7, 11) is 1.51. The minimum absolute atomic E-state index is 0.0219. The molecule has 2 heterocycles. The van der Waals surface area contributed by atoms with Crippen LogP contribution in [0.3, 0.4) is 0 Å². The second-order valence-electron chi connectivity index (χ2n) is 7.10. The highest BCUT2D eigenvalue weighted by Crippen LogP contribution is 2.31. The quantitative estimate of drug-likeness (QED) is 0.319. The van der Waals surface area contributed by atoms with Crippen molar-refractivity contribution in [3.63, 3.8) is 0 Å². The number of benzene rings is 2. The topological polar surface area (TPSA) is 109 Å². The van der Waals surface area contributed by atoms with E-state index in [2.05, 4.69) is 26.3 Å². The van der Waals surface area contributed by atoms with E-state index in [9.17, 15) is 14.4 Å². The van der Waals surface area contributed by atoms with Gasteiger partial charge in [0.15, 0.2) is 23.8 Å². The van der Waals surface area contributed by atoms with Gasteiger partial charge in [0.1, 0.15) is 5.00 Å². The molecule has 0 saturated carbocycles. The van der Waals surface area contributed by atoms with Crippen molar-refractivity contribution in [3.05, 3.63) is 74.4 Å². The molecule has 180 valence electrons. The fourth-order valence-corrected chi connectivity index (χ4v) is 4.51. The van der Waals surface area contributed by atoms with E-state index in [0.717, 1.165) is 20.5 Å². The molecule has 0 fully saturated rings. The molecule has 0 spiro atoms. The predicted octanol–water partition coefficient (Wildman–Crippen LogP) is 4.41. The van der Waals surface area contributed by atoms with Crippen molar-refractivity contribution in [3.8, 4) is 17.2 Å². The molecule has 9 nitrogen and oxygen atoms in total. The van der Waals surface area contributed by atoms with Crippen LogP contribution in [-0.4, -0.2) is 42.0 Å². The van der Waals surface area contributed by atoms with Crippen molar-refractivity contribution in [2.45, 2.75) is 6.92 Å². The lowest BCUT2D eigenvalue weighted by Crippen LogP contribution is -2.26. The largest absolute Gasteiger partial charge is 0.493 e. The number of amides is 1. The van der Waals surface area contributed by atoms with E-state index in [1.807, 2.05) is 0 Å². The summed E-state index contributed by atoms with van der Waals surface area (Å²) in [5.41, 5.74) is -0.0578. The Bertz CT molecular complexity index is 1450. The molecule has 0 saturated heterocycles. The average molecular weight is 558 g/mol. The highest BCUT2D eigenvalue weighted by atomic mass is 79.9. The van der Waals surface area contributed by atoms with Crippen molar-refractivity contribution in [1.82, 2.24) is 9.78 Å². The van der Waals surface area contributed by atoms with Gasteiger partial charge >= 0.3 is 5.97 Å². The number of rotatable bonds is 8. The Kier molecular flexibility index (Phi) is 7.47. The van der Waals surface area contributed by atoms with Gasteiger partial charge in [0.25, 0.3) is 11.5 Å². The maximum absolute atomic E-state index is 13.4. The summed E-state index contributed by atoms with van der Waals surface area (Å²) in [4.78, 5) is 38.7.